The highest BCUT2D eigenvalue weighted by atomic mass is 16.5. The lowest BCUT2D eigenvalue weighted by atomic mass is 10.1. The largest absolute Gasteiger partial charge is 0.478 e. The van der Waals surface area contributed by atoms with Crippen molar-refractivity contribution >= 4 is 6.40 Å². The van der Waals surface area contributed by atoms with Gasteiger partial charge in [-0.2, -0.15) is 0 Å². The van der Waals surface area contributed by atoms with Gasteiger partial charge < -0.3 is 4.74 Å². The van der Waals surface area contributed by atoms with Gasteiger partial charge in [0.2, 0.25) is 0 Å². The second kappa shape index (κ2) is 2.70. The lowest BCUT2D eigenvalue weighted by Crippen LogP contribution is -2.21. The molecular weight excluding hydrogens is 102 g/mol. The molecule has 0 amide bonds. The molecule has 48 valence electrons. The van der Waals surface area contributed by atoms with Crippen LogP contribution in [-0.2, 0) is 4.74 Å². The molecule has 0 radical (unpaired) electrons. The van der Waals surface area contributed by atoms with Crippen molar-refractivity contribution in [2.75, 3.05) is 0 Å². The summed E-state index contributed by atoms with van der Waals surface area (Å²) in [6, 6.07) is 0. The minimum Gasteiger partial charge on any atom is -0.478 e. The van der Waals surface area contributed by atoms with Crippen LogP contribution in [0.2, 0.25) is 0 Å². The molecule has 8 heavy (non-hydrogen) atoms. The molecule has 0 bridgehead atoms. The van der Waals surface area contributed by atoms with E-state index in [1.165, 1.54) is 0 Å². The predicted molar refractivity (Wildman–Crippen MR) is 34.2 cm³/mol. The van der Waals surface area contributed by atoms with Crippen molar-refractivity contribution < 1.29 is 4.74 Å². The zero-order chi connectivity index (χ0) is 6.62. The van der Waals surface area contributed by atoms with E-state index in [4.69, 9.17) is 10.1 Å². The molecule has 0 aromatic rings. The van der Waals surface area contributed by atoms with Crippen molar-refractivity contribution in [1.29, 1.82) is 5.41 Å². The molecule has 1 N–H and O–H groups in total. The highest BCUT2D eigenvalue weighted by Gasteiger charge is 2.13. The predicted octanol–water partition coefficient (Wildman–Crippen LogP) is 1.80. The lowest BCUT2D eigenvalue weighted by molar-refractivity contribution is 0.0993. The van der Waals surface area contributed by atoms with Gasteiger partial charge in [0.15, 0.2) is 6.40 Å². The fourth-order valence-corrected chi connectivity index (χ4v) is 0.243. The summed E-state index contributed by atoms with van der Waals surface area (Å²) in [4.78, 5) is 0. The summed E-state index contributed by atoms with van der Waals surface area (Å²) >= 11 is 0. The maximum Gasteiger partial charge on any atom is 0.167 e. The highest BCUT2D eigenvalue weighted by Crippen LogP contribution is 2.10. The zero-order valence-electron chi connectivity index (χ0n) is 5.69. The van der Waals surface area contributed by atoms with E-state index in [0.717, 1.165) is 12.8 Å². The van der Waals surface area contributed by atoms with Gasteiger partial charge in [0.1, 0.15) is 5.60 Å². The van der Waals surface area contributed by atoms with E-state index in [1.807, 2.05) is 20.8 Å². The molecule has 2 heteroatoms. The Morgan fingerprint density at radius 3 is 2.25 bits per heavy atom. The molecular formula is C6H13NO. The van der Waals surface area contributed by atoms with E-state index in [1.54, 1.807) is 0 Å². The maximum absolute atomic E-state index is 6.61. The first-order valence-corrected chi connectivity index (χ1v) is 2.79. The van der Waals surface area contributed by atoms with Crippen molar-refractivity contribution in [1.82, 2.24) is 0 Å². The fraction of sp³-hybridized carbons (Fsp3) is 0.833. The van der Waals surface area contributed by atoms with Crippen LogP contribution < -0.4 is 0 Å². The third-order valence-corrected chi connectivity index (χ3v) is 1.23. The van der Waals surface area contributed by atoms with Crippen LogP contribution in [0, 0.1) is 5.41 Å². The Labute approximate surface area is 50.4 Å². The van der Waals surface area contributed by atoms with E-state index >= 15 is 0 Å². The van der Waals surface area contributed by atoms with Crippen LogP contribution in [0.25, 0.3) is 0 Å². The normalized spacial score (nSPS) is 10.9. The lowest BCUT2D eigenvalue weighted by Gasteiger charge is -2.20. The van der Waals surface area contributed by atoms with E-state index in [2.05, 4.69) is 0 Å². The number of ether oxygens (including phenoxy) is 1. The quantitative estimate of drug-likeness (QED) is 0.441. The second-order valence-electron chi connectivity index (χ2n) is 2.35. The summed E-state index contributed by atoms with van der Waals surface area (Å²) in [7, 11) is 0. The third kappa shape index (κ3) is 2.61. The van der Waals surface area contributed by atoms with Gasteiger partial charge in [-0.1, -0.05) is 6.92 Å². The van der Waals surface area contributed by atoms with E-state index < -0.39 is 0 Å². The summed E-state index contributed by atoms with van der Waals surface area (Å²) in [6.07, 6.45) is 1.92. The van der Waals surface area contributed by atoms with Crippen LogP contribution in [0.1, 0.15) is 27.2 Å². The Balaban J connectivity index is 3.53. The smallest absolute Gasteiger partial charge is 0.167 e. The van der Waals surface area contributed by atoms with Gasteiger partial charge in [-0.25, -0.2) is 0 Å². The third-order valence-electron chi connectivity index (χ3n) is 1.23. The van der Waals surface area contributed by atoms with Crippen molar-refractivity contribution in [2.45, 2.75) is 32.8 Å². The van der Waals surface area contributed by atoms with Gasteiger partial charge in [-0.15, -0.1) is 0 Å². The summed E-state index contributed by atoms with van der Waals surface area (Å²) < 4.78 is 4.92. The zero-order valence-corrected chi connectivity index (χ0v) is 5.69. The molecule has 0 saturated heterocycles. The second-order valence-corrected chi connectivity index (χ2v) is 2.35. The van der Waals surface area contributed by atoms with Gasteiger partial charge in [0.25, 0.3) is 0 Å². The Morgan fingerprint density at radius 2 is 2.12 bits per heavy atom. The van der Waals surface area contributed by atoms with Crippen molar-refractivity contribution in [3.63, 3.8) is 0 Å². The van der Waals surface area contributed by atoms with Crippen LogP contribution in [0.15, 0.2) is 0 Å². The van der Waals surface area contributed by atoms with E-state index in [9.17, 15) is 0 Å². The minimum absolute atomic E-state index is 0.151. The fourth-order valence-electron chi connectivity index (χ4n) is 0.243. The summed E-state index contributed by atoms with van der Waals surface area (Å²) in [5.41, 5.74) is -0.151. The molecule has 0 aliphatic heterocycles. The Hall–Kier alpha value is -0.530. The Kier molecular flexibility index (Phi) is 2.52. The Bertz CT molecular complexity index is 78.6. The first-order chi connectivity index (χ1) is 3.62. The molecule has 0 heterocycles. The summed E-state index contributed by atoms with van der Waals surface area (Å²) in [5.74, 6) is 0. The molecule has 0 fully saturated rings. The molecule has 0 aliphatic rings. The molecule has 0 spiro atoms. The average molecular weight is 115 g/mol. The van der Waals surface area contributed by atoms with Gasteiger partial charge in [0, 0.05) is 0 Å². The number of hydrogen-bond acceptors (Lipinski definition) is 2. The highest BCUT2D eigenvalue weighted by molar-refractivity contribution is 5.41. The average Bonchev–Trinajstić information content (AvgIpc) is 1.67. The van der Waals surface area contributed by atoms with Crippen molar-refractivity contribution in [3.05, 3.63) is 0 Å². The minimum atomic E-state index is -0.151. The van der Waals surface area contributed by atoms with Crippen LogP contribution in [0.4, 0.5) is 0 Å². The molecule has 0 aliphatic carbocycles. The summed E-state index contributed by atoms with van der Waals surface area (Å²) in [5, 5.41) is 6.61. The SMILES string of the molecule is CCC(C)(C)OC=N. The molecule has 0 saturated carbocycles. The van der Waals surface area contributed by atoms with Crippen molar-refractivity contribution in [3.8, 4) is 0 Å². The first-order valence-electron chi connectivity index (χ1n) is 2.79. The topological polar surface area (TPSA) is 33.1 Å². The van der Waals surface area contributed by atoms with Gasteiger partial charge in [0.05, 0.1) is 0 Å². The Morgan fingerprint density at radius 1 is 1.62 bits per heavy atom. The number of nitrogens with one attached hydrogen (secondary N) is 1. The standard InChI is InChI=1S/C6H13NO/c1-4-6(2,3)8-5-7/h5,7H,4H2,1-3H3. The first kappa shape index (κ1) is 7.47. The number of hydrogen-bond donors (Lipinski definition) is 1. The van der Waals surface area contributed by atoms with Crippen molar-refractivity contribution in [2.24, 2.45) is 0 Å². The van der Waals surface area contributed by atoms with Crippen LogP contribution >= 0.6 is 0 Å². The molecule has 0 aromatic heterocycles. The summed E-state index contributed by atoms with van der Waals surface area (Å²) in [6.45, 7) is 5.94. The van der Waals surface area contributed by atoms with Crippen LogP contribution in [-0.4, -0.2) is 12.0 Å². The van der Waals surface area contributed by atoms with Gasteiger partial charge >= 0.3 is 0 Å². The molecule has 0 aromatic carbocycles. The van der Waals surface area contributed by atoms with Gasteiger partial charge in [-0.3, -0.25) is 5.41 Å². The van der Waals surface area contributed by atoms with E-state index in [-0.39, 0.29) is 5.60 Å². The molecule has 2 nitrogen and oxygen atoms in total. The van der Waals surface area contributed by atoms with Gasteiger partial charge in [-0.05, 0) is 20.3 Å². The monoisotopic (exact) mass is 115 g/mol. The molecule has 0 unspecified atom stereocenters. The van der Waals surface area contributed by atoms with E-state index in [0.29, 0.717) is 0 Å². The molecule has 0 atom stereocenters. The number of rotatable bonds is 3. The maximum atomic E-state index is 6.61. The molecule has 0 rings (SSSR count). The van der Waals surface area contributed by atoms with Crippen LogP contribution in [0.5, 0.6) is 0 Å². The van der Waals surface area contributed by atoms with Crippen LogP contribution in [0.3, 0.4) is 0 Å².